The number of methoxy groups -OCH3 is 2. The molecule has 1 saturated heterocycles. The van der Waals surface area contributed by atoms with Crippen LogP contribution in [0.4, 0.5) is 5.69 Å². The largest absolute Gasteiger partial charge is 0.493 e. The fourth-order valence-electron chi connectivity index (χ4n) is 2.56. The summed E-state index contributed by atoms with van der Waals surface area (Å²) in [5, 5.41) is 0. The minimum atomic E-state index is -0.130. The molecule has 2 aromatic carbocycles. The maximum absolute atomic E-state index is 12.8. The van der Waals surface area contributed by atoms with Gasteiger partial charge in [-0.05, 0) is 58.8 Å². The first-order chi connectivity index (χ1) is 12.4. The number of anilines is 1. The maximum atomic E-state index is 12.8. The number of nitrogens with zero attached hydrogens (tertiary/aromatic N) is 1. The van der Waals surface area contributed by atoms with Crippen LogP contribution in [0.1, 0.15) is 11.1 Å². The molecule has 3 rings (SSSR count). The van der Waals surface area contributed by atoms with Gasteiger partial charge in [-0.1, -0.05) is 41.7 Å². The van der Waals surface area contributed by atoms with Crippen molar-refractivity contribution in [3.63, 3.8) is 0 Å². The third kappa shape index (κ3) is 3.65. The molecule has 134 valence electrons. The van der Waals surface area contributed by atoms with Crippen molar-refractivity contribution in [2.75, 3.05) is 19.1 Å². The van der Waals surface area contributed by atoms with Crippen LogP contribution in [0.3, 0.4) is 0 Å². The lowest BCUT2D eigenvalue weighted by molar-refractivity contribution is -0.113. The SMILES string of the molecule is COc1cc(/C=C2\SC(=S)N(c3ccc(C)cc3)C2=O)cc(Br)c1OC. The Morgan fingerprint density at radius 3 is 2.46 bits per heavy atom. The molecule has 0 saturated carbocycles. The first-order valence-corrected chi connectivity index (χ1v) is 9.72. The second-order valence-electron chi connectivity index (χ2n) is 5.59. The van der Waals surface area contributed by atoms with Crippen LogP contribution in [-0.4, -0.2) is 24.4 Å². The molecule has 2 aromatic rings. The van der Waals surface area contributed by atoms with Crippen LogP contribution < -0.4 is 14.4 Å². The zero-order chi connectivity index (χ0) is 18.8. The van der Waals surface area contributed by atoms with Gasteiger partial charge in [0.05, 0.1) is 29.3 Å². The van der Waals surface area contributed by atoms with E-state index in [1.54, 1.807) is 25.2 Å². The zero-order valence-corrected chi connectivity index (χ0v) is 17.6. The smallest absolute Gasteiger partial charge is 0.270 e. The minimum Gasteiger partial charge on any atom is -0.493 e. The van der Waals surface area contributed by atoms with Crippen LogP contribution in [0.25, 0.3) is 6.08 Å². The van der Waals surface area contributed by atoms with Gasteiger partial charge in [0, 0.05) is 0 Å². The van der Waals surface area contributed by atoms with Crippen LogP contribution in [0, 0.1) is 6.92 Å². The van der Waals surface area contributed by atoms with E-state index >= 15 is 0 Å². The summed E-state index contributed by atoms with van der Waals surface area (Å²) in [5.74, 6) is 1.06. The van der Waals surface area contributed by atoms with Crippen LogP contribution in [0.5, 0.6) is 11.5 Å². The monoisotopic (exact) mass is 449 g/mol. The lowest BCUT2D eigenvalue weighted by Crippen LogP contribution is -2.27. The van der Waals surface area contributed by atoms with Crippen LogP contribution in [-0.2, 0) is 4.79 Å². The van der Waals surface area contributed by atoms with Gasteiger partial charge in [-0.3, -0.25) is 9.69 Å². The van der Waals surface area contributed by atoms with Gasteiger partial charge in [-0.25, -0.2) is 0 Å². The molecule has 7 heteroatoms. The van der Waals surface area contributed by atoms with E-state index in [2.05, 4.69) is 15.9 Å². The third-order valence-electron chi connectivity index (χ3n) is 3.84. The van der Waals surface area contributed by atoms with Gasteiger partial charge in [-0.2, -0.15) is 0 Å². The molecule has 0 atom stereocenters. The number of hydrogen-bond acceptors (Lipinski definition) is 5. The van der Waals surface area contributed by atoms with E-state index in [9.17, 15) is 4.79 Å². The summed E-state index contributed by atoms with van der Waals surface area (Å²) in [5.41, 5.74) is 2.72. The summed E-state index contributed by atoms with van der Waals surface area (Å²) in [6, 6.07) is 11.4. The predicted octanol–water partition coefficient (Wildman–Crippen LogP) is 5.18. The Labute approximate surface area is 170 Å². The molecule has 0 bridgehead atoms. The fraction of sp³-hybridized carbons (Fsp3) is 0.158. The maximum Gasteiger partial charge on any atom is 0.270 e. The predicted molar refractivity (Wildman–Crippen MR) is 114 cm³/mol. The number of carbonyl (C=O) groups excluding carboxylic acids is 1. The number of hydrogen-bond donors (Lipinski definition) is 0. The molecule has 0 spiro atoms. The van der Waals surface area contributed by atoms with Crippen molar-refractivity contribution in [1.82, 2.24) is 0 Å². The Morgan fingerprint density at radius 1 is 1.15 bits per heavy atom. The summed E-state index contributed by atoms with van der Waals surface area (Å²) in [6.07, 6.45) is 1.81. The van der Waals surface area contributed by atoms with Crippen molar-refractivity contribution >= 4 is 61.9 Å². The van der Waals surface area contributed by atoms with Gasteiger partial charge in [-0.15, -0.1) is 0 Å². The quantitative estimate of drug-likeness (QED) is 0.474. The van der Waals surface area contributed by atoms with Crippen molar-refractivity contribution in [3.05, 3.63) is 56.9 Å². The molecule has 1 fully saturated rings. The first kappa shape index (κ1) is 18.9. The van der Waals surface area contributed by atoms with Gasteiger partial charge in [0.15, 0.2) is 15.8 Å². The average molecular weight is 450 g/mol. The third-order valence-corrected chi connectivity index (χ3v) is 5.73. The molecule has 0 unspecified atom stereocenters. The molecule has 1 aliphatic rings. The molecule has 1 heterocycles. The van der Waals surface area contributed by atoms with E-state index in [-0.39, 0.29) is 5.91 Å². The van der Waals surface area contributed by atoms with Crippen molar-refractivity contribution in [2.45, 2.75) is 6.92 Å². The summed E-state index contributed by atoms with van der Waals surface area (Å²) < 4.78 is 11.9. The van der Waals surface area contributed by atoms with Gasteiger partial charge in [0.2, 0.25) is 0 Å². The zero-order valence-electron chi connectivity index (χ0n) is 14.4. The van der Waals surface area contributed by atoms with Gasteiger partial charge in [0.25, 0.3) is 5.91 Å². The Morgan fingerprint density at radius 2 is 1.85 bits per heavy atom. The summed E-state index contributed by atoms with van der Waals surface area (Å²) in [7, 11) is 3.15. The van der Waals surface area contributed by atoms with Gasteiger partial charge >= 0.3 is 0 Å². The molecule has 0 aromatic heterocycles. The molecule has 0 N–H and O–H groups in total. The van der Waals surface area contributed by atoms with Crippen molar-refractivity contribution in [3.8, 4) is 11.5 Å². The van der Waals surface area contributed by atoms with E-state index in [1.807, 2.05) is 43.3 Å². The number of carbonyl (C=O) groups is 1. The highest BCUT2D eigenvalue weighted by atomic mass is 79.9. The highest BCUT2D eigenvalue weighted by Gasteiger charge is 2.33. The van der Waals surface area contributed by atoms with E-state index in [0.717, 1.165) is 21.3 Å². The summed E-state index contributed by atoms with van der Waals surface area (Å²) in [6.45, 7) is 2.00. The van der Waals surface area contributed by atoms with Gasteiger partial charge in [0.1, 0.15) is 0 Å². The van der Waals surface area contributed by atoms with Crippen molar-refractivity contribution < 1.29 is 14.3 Å². The molecule has 1 amide bonds. The molecule has 26 heavy (non-hydrogen) atoms. The van der Waals surface area contributed by atoms with Crippen LogP contribution in [0.2, 0.25) is 0 Å². The lowest BCUT2D eigenvalue weighted by Gasteiger charge is -2.14. The highest BCUT2D eigenvalue weighted by Crippen LogP contribution is 2.39. The number of benzene rings is 2. The number of amides is 1. The number of thioether (sulfide) groups is 1. The molecule has 0 aliphatic carbocycles. The fourth-order valence-corrected chi connectivity index (χ4v) is 4.48. The second kappa shape index (κ2) is 7.82. The van der Waals surface area contributed by atoms with E-state index in [1.165, 1.54) is 11.8 Å². The van der Waals surface area contributed by atoms with Crippen molar-refractivity contribution in [2.24, 2.45) is 0 Å². The number of halogens is 1. The summed E-state index contributed by atoms with van der Waals surface area (Å²) in [4.78, 5) is 15.0. The molecular formula is C19H16BrNO3S2. The Hall–Kier alpha value is -1.83. The summed E-state index contributed by atoms with van der Waals surface area (Å²) >= 11 is 10.2. The number of aryl methyl sites for hydroxylation is 1. The van der Waals surface area contributed by atoms with Crippen LogP contribution >= 0.6 is 39.9 Å². The Balaban J connectivity index is 1.95. The molecular weight excluding hydrogens is 434 g/mol. The number of rotatable bonds is 4. The van der Waals surface area contributed by atoms with Crippen LogP contribution in [0.15, 0.2) is 45.8 Å². The lowest BCUT2D eigenvalue weighted by atomic mass is 10.1. The van der Waals surface area contributed by atoms with Gasteiger partial charge < -0.3 is 9.47 Å². The topological polar surface area (TPSA) is 38.8 Å². The minimum absolute atomic E-state index is 0.130. The first-order valence-electron chi connectivity index (χ1n) is 7.70. The van der Waals surface area contributed by atoms with E-state index < -0.39 is 0 Å². The highest BCUT2D eigenvalue weighted by molar-refractivity contribution is 9.10. The Kier molecular flexibility index (Phi) is 5.70. The molecule has 0 radical (unpaired) electrons. The number of thiocarbonyl (C=S) groups is 1. The van der Waals surface area contributed by atoms with Crippen molar-refractivity contribution in [1.29, 1.82) is 0 Å². The molecule has 1 aliphatic heterocycles. The Bertz CT molecular complexity index is 910. The normalized spacial score (nSPS) is 15.7. The standard InChI is InChI=1S/C19H16BrNO3S2/c1-11-4-6-13(7-5-11)21-18(22)16(26-19(21)25)10-12-8-14(20)17(24-3)15(9-12)23-2/h4-10H,1-3H3/b16-10-. The number of ether oxygens (including phenoxy) is 2. The second-order valence-corrected chi connectivity index (χ2v) is 8.12. The molecule has 4 nitrogen and oxygen atoms in total. The van der Waals surface area contributed by atoms with E-state index in [0.29, 0.717) is 20.7 Å². The average Bonchev–Trinajstić information content (AvgIpc) is 2.89. The van der Waals surface area contributed by atoms with E-state index in [4.69, 9.17) is 21.7 Å².